The standard InChI is InChI=1S/C30H28N6O2/c1-21-7-6-16-32-25(21)19-33-30(37)26-20-38-28(35-26)15-18-31-17-14-27-34-24-11-5-10-23(29(24)36-27)13-12-22-8-3-2-4-9-22/h2-11,16,20,31H,14-15,17-19H2,1H3,(H,33,37)(H,34,36). The lowest BCUT2D eigenvalue weighted by molar-refractivity contribution is 0.0945. The Morgan fingerprint density at radius 2 is 1.84 bits per heavy atom. The van der Waals surface area contributed by atoms with Gasteiger partial charge in [0.05, 0.1) is 23.3 Å². The Labute approximate surface area is 220 Å². The number of carbonyl (C=O) groups is 1. The highest BCUT2D eigenvalue weighted by Gasteiger charge is 2.13. The van der Waals surface area contributed by atoms with Gasteiger partial charge in [0.1, 0.15) is 17.6 Å². The van der Waals surface area contributed by atoms with Crippen molar-refractivity contribution in [2.24, 2.45) is 0 Å². The molecule has 0 aliphatic rings. The van der Waals surface area contributed by atoms with Gasteiger partial charge in [-0.2, -0.15) is 0 Å². The molecule has 0 spiro atoms. The monoisotopic (exact) mass is 504 g/mol. The number of imidazole rings is 1. The van der Waals surface area contributed by atoms with Crippen LogP contribution in [0.15, 0.2) is 77.5 Å². The number of benzene rings is 2. The molecule has 0 bridgehead atoms. The zero-order chi connectivity index (χ0) is 26.2. The Kier molecular flexibility index (Phi) is 7.87. The topological polar surface area (TPSA) is 109 Å². The molecule has 8 heteroatoms. The molecule has 5 aromatic rings. The zero-order valence-electron chi connectivity index (χ0n) is 21.1. The Bertz CT molecular complexity index is 1590. The number of amides is 1. The van der Waals surface area contributed by atoms with Gasteiger partial charge in [-0.05, 0) is 42.8 Å². The van der Waals surface area contributed by atoms with Crippen molar-refractivity contribution in [2.45, 2.75) is 26.3 Å². The number of pyridine rings is 1. The van der Waals surface area contributed by atoms with Crippen LogP contribution >= 0.6 is 0 Å². The smallest absolute Gasteiger partial charge is 0.273 e. The van der Waals surface area contributed by atoms with Gasteiger partial charge in [0.2, 0.25) is 0 Å². The van der Waals surface area contributed by atoms with Crippen molar-refractivity contribution in [3.8, 4) is 11.8 Å². The maximum absolute atomic E-state index is 12.4. The third kappa shape index (κ3) is 6.33. The molecule has 8 nitrogen and oxygen atoms in total. The average molecular weight is 505 g/mol. The number of hydrogen-bond acceptors (Lipinski definition) is 6. The fraction of sp³-hybridized carbons (Fsp3) is 0.200. The first-order valence-electron chi connectivity index (χ1n) is 12.5. The van der Waals surface area contributed by atoms with Crippen LogP contribution in [0.25, 0.3) is 11.0 Å². The van der Waals surface area contributed by atoms with Crippen LogP contribution in [0.3, 0.4) is 0 Å². The number of aryl methyl sites for hydroxylation is 1. The lowest BCUT2D eigenvalue weighted by Crippen LogP contribution is -2.24. The van der Waals surface area contributed by atoms with Gasteiger partial charge < -0.3 is 20.0 Å². The second-order valence-corrected chi connectivity index (χ2v) is 8.83. The largest absolute Gasteiger partial charge is 0.448 e. The van der Waals surface area contributed by atoms with Crippen LogP contribution in [0.5, 0.6) is 0 Å². The van der Waals surface area contributed by atoms with Crippen LogP contribution in [0.2, 0.25) is 0 Å². The van der Waals surface area contributed by atoms with Gasteiger partial charge in [0.15, 0.2) is 11.6 Å². The minimum Gasteiger partial charge on any atom is -0.448 e. The average Bonchev–Trinajstić information content (AvgIpc) is 3.59. The summed E-state index contributed by atoms with van der Waals surface area (Å²) in [7, 11) is 0. The number of nitrogens with zero attached hydrogens (tertiary/aromatic N) is 3. The Morgan fingerprint density at radius 3 is 2.71 bits per heavy atom. The normalized spacial score (nSPS) is 10.8. The van der Waals surface area contributed by atoms with Crippen molar-refractivity contribution in [1.82, 2.24) is 30.6 Å². The van der Waals surface area contributed by atoms with Crippen LogP contribution in [0, 0.1) is 18.8 Å². The van der Waals surface area contributed by atoms with E-state index in [4.69, 9.17) is 9.40 Å². The maximum Gasteiger partial charge on any atom is 0.273 e. The van der Waals surface area contributed by atoms with Gasteiger partial charge in [-0.3, -0.25) is 9.78 Å². The van der Waals surface area contributed by atoms with Crippen LogP contribution in [-0.4, -0.2) is 38.9 Å². The summed E-state index contributed by atoms with van der Waals surface area (Å²) in [4.78, 5) is 29.1. The lowest BCUT2D eigenvalue weighted by atomic mass is 10.1. The molecule has 0 unspecified atom stereocenters. The van der Waals surface area contributed by atoms with Gasteiger partial charge in [-0.25, -0.2) is 9.97 Å². The molecule has 0 radical (unpaired) electrons. The molecule has 3 heterocycles. The summed E-state index contributed by atoms with van der Waals surface area (Å²) in [5.41, 5.74) is 5.86. The number of nitrogens with one attached hydrogen (secondary N) is 3. The van der Waals surface area contributed by atoms with E-state index in [1.807, 2.05) is 67.6 Å². The van der Waals surface area contributed by atoms with Gasteiger partial charge >= 0.3 is 0 Å². The predicted octanol–water partition coefficient (Wildman–Crippen LogP) is 3.96. The van der Waals surface area contributed by atoms with Crippen molar-refractivity contribution in [1.29, 1.82) is 0 Å². The number of aromatic amines is 1. The number of H-pyrrole nitrogens is 1. The summed E-state index contributed by atoms with van der Waals surface area (Å²) in [5, 5.41) is 6.22. The van der Waals surface area contributed by atoms with Crippen molar-refractivity contribution >= 4 is 16.9 Å². The molecule has 3 aromatic heterocycles. The molecule has 0 aliphatic heterocycles. The fourth-order valence-corrected chi connectivity index (χ4v) is 3.98. The van der Waals surface area contributed by atoms with Gasteiger partial charge in [0, 0.05) is 37.7 Å². The molecule has 0 fully saturated rings. The summed E-state index contributed by atoms with van der Waals surface area (Å²) in [6, 6.07) is 19.8. The zero-order valence-corrected chi connectivity index (χ0v) is 21.1. The van der Waals surface area contributed by atoms with Crippen molar-refractivity contribution in [3.05, 3.63) is 113 Å². The Balaban J connectivity index is 1.08. The van der Waals surface area contributed by atoms with Crippen LogP contribution < -0.4 is 10.6 Å². The first-order chi connectivity index (χ1) is 18.7. The molecule has 1 amide bonds. The van der Waals surface area contributed by atoms with E-state index in [1.54, 1.807) is 6.20 Å². The predicted molar refractivity (Wildman–Crippen MR) is 145 cm³/mol. The van der Waals surface area contributed by atoms with Crippen LogP contribution in [-0.2, 0) is 19.4 Å². The van der Waals surface area contributed by atoms with Gasteiger partial charge in [-0.1, -0.05) is 42.2 Å². The molecule has 0 saturated heterocycles. The van der Waals surface area contributed by atoms with E-state index >= 15 is 0 Å². The van der Waals surface area contributed by atoms with E-state index in [9.17, 15) is 4.79 Å². The minimum atomic E-state index is -0.282. The van der Waals surface area contributed by atoms with Crippen LogP contribution in [0.4, 0.5) is 0 Å². The summed E-state index contributed by atoms with van der Waals surface area (Å²) in [6.07, 6.45) is 4.42. The molecule has 0 saturated carbocycles. The molecule has 5 rings (SSSR count). The number of oxazole rings is 1. The first-order valence-corrected chi connectivity index (χ1v) is 12.5. The van der Waals surface area contributed by atoms with Crippen molar-refractivity contribution in [2.75, 3.05) is 13.1 Å². The molecule has 0 aliphatic carbocycles. The lowest BCUT2D eigenvalue weighted by Gasteiger charge is -2.05. The van der Waals surface area contributed by atoms with E-state index in [0.717, 1.165) is 52.2 Å². The van der Waals surface area contributed by atoms with E-state index in [0.29, 0.717) is 25.4 Å². The van der Waals surface area contributed by atoms with Crippen LogP contribution in [0.1, 0.15) is 44.6 Å². The quantitative estimate of drug-likeness (QED) is 0.207. The Hall–Kier alpha value is -4.74. The highest BCUT2D eigenvalue weighted by Crippen LogP contribution is 2.16. The maximum atomic E-state index is 12.4. The summed E-state index contributed by atoms with van der Waals surface area (Å²) in [6.45, 7) is 3.71. The van der Waals surface area contributed by atoms with E-state index in [2.05, 4.69) is 37.4 Å². The number of carbonyl (C=O) groups excluding carboxylic acids is 1. The van der Waals surface area contributed by atoms with Gasteiger partial charge in [-0.15, -0.1) is 0 Å². The summed E-state index contributed by atoms with van der Waals surface area (Å²) in [5.74, 6) is 7.58. The fourth-order valence-electron chi connectivity index (χ4n) is 3.98. The summed E-state index contributed by atoms with van der Waals surface area (Å²) >= 11 is 0. The number of fused-ring (bicyclic) bond motifs is 1. The van der Waals surface area contributed by atoms with Crippen molar-refractivity contribution < 1.29 is 9.21 Å². The number of aromatic nitrogens is 4. The Morgan fingerprint density at radius 1 is 0.974 bits per heavy atom. The number of rotatable bonds is 9. The number of hydrogen-bond donors (Lipinski definition) is 3. The second kappa shape index (κ2) is 12.0. The van der Waals surface area contributed by atoms with E-state index < -0.39 is 0 Å². The molecule has 190 valence electrons. The van der Waals surface area contributed by atoms with E-state index in [1.165, 1.54) is 6.26 Å². The highest BCUT2D eigenvalue weighted by molar-refractivity contribution is 5.91. The molecule has 2 aromatic carbocycles. The van der Waals surface area contributed by atoms with Gasteiger partial charge in [0.25, 0.3) is 5.91 Å². The van der Waals surface area contributed by atoms with E-state index in [-0.39, 0.29) is 11.6 Å². The molecule has 0 atom stereocenters. The minimum absolute atomic E-state index is 0.266. The molecular weight excluding hydrogens is 476 g/mol. The highest BCUT2D eigenvalue weighted by atomic mass is 16.3. The third-order valence-electron chi connectivity index (χ3n) is 6.05. The van der Waals surface area contributed by atoms with Crippen molar-refractivity contribution in [3.63, 3.8) is 0 Å². The molecule has 3 N–H and O–H groups in total. The SMILES string of the molecule is Cc1cccnc1CNC(=O)c1coc(CCNCCc2nc3c(C#Cc4ccccc4)cccc3[nH]2)n1. The first kappa shape index (κ1) is 24.9. The summed E-state index contributed by atoms with van der Waals surface area (Å²) < 4.78 is 5.48. The molecular formula is C30H28N6O2. The number of para-hydroxylation sites is 1. The third-order valence-corrected chi connectivity index (χ3v) is 6.05. The molecule has 38 heavy (non-hydrogen) atoms. The second-order valence-electron chi connectivity index (χ2n) is 8.83.